The standard InChI is InChI=1S/C21H28N4O3.ClH/c1-4-27-19-6-14-5-13(2)28-20(14)7-15(19)8-23-21(26)18-11-22-10-17(18)16-9-24-25(3)12-16;/h6-7,9,12-13,17-18,22H,4-5,8,10-11H2,1-3H3,(H,23,26);1H/t13?,17-,18+;/m1./s1. The number of aromatic nitrogens is 2. The summed E-state index contributed by atoms with van der Waals surface area (Å²) < 4.78 is 13.5. The Morgan fingerprint density at radius 2 is 2.24 bits per heavy atom. The Bertz CT molecular complexity index is 870. The minimum Gasteiger partial charge on any atom is -0.494 e. The molecular weight excluding hydrogens is 392 g/mol. The SMILES string of the molecule is CCOc1cc2c(cc1CNC(=O)[C@H]1CNC[C@@H]1c1cnn(C)c1)OC(C)C2.Cl. The number of hydrogen-bond donors (Lipinski definition) is 2. The highest BCUT2D eigenvalue weighted by Gasteiger charge is 2.34. The van der Waals surface area contributed by atoms with Crippen molar-refractivity contribution in [2.24, 2.45) is 13.0 Å². The van der Waals surface area contributed by atoms with Gasteiger partial charge in [-0.1, -0.05) is 0 Å². The van der Waals surface area contributed by atoms with E-state index in [0.717, 1.165) is 35.6 Å². The van der Waals surface area contributed by atoms with E-state index in [9.17, 15) is 4.79 Å². The van der Waals surface area contributed by atoms with Gasteiger partial charge in [0, 0.05) is 56.3 Å². The fraction of sp³-hybridized carbons (Fsp3) is 0.524. The van der Waals surface area contributed by atoms with E-state index in [0.29, 0.717) is 19.7 Å². The molecule has 29 heavy (non-hydrogen) atoms. The number of benzene rings is 1. The number of carbonyl (C=O) groups is 1. The lowest BCUT2D eigenvalue weighted by atomic mass is 9.90. The Hall–Kier alpha value is -2.25. The molecule has 8 heteroatoms. The summed E-state index contributed by atoms with van der Waals surface area (Å²) in [5.41, 5.74) is 3.22. The Morgan fingerprint density at radius 3 is 2.97 bits per heavy atom. The number of aryl methyl sites for hydroxylation is 1. The van der Waals surface area contributed by atoms with Crippen molar-refractivity contribution in [3.63, 3.8) is 0 Å². The molecule has 7 nitrogen and oxygen atoms in total. The summed E-state index contributed by atoms with van der Waals surface area (Å²) >= 11 is 0. The van der Waals surface area contributed by atoms with Crippen LogP contribution in [0.5, 0.6) is 11.5 Å². The molecule has 0 saturated carbocycles. The number of ether oxygens (including phenoxy) is 2. The van der Waals surface area contributed by atoms with Crippen LogP contribution in [0.4, 0.5) is 0 Å². The second kappa shape index (κ2) is 9.05. The third-order valence-electron chi connectivity index (χ3n) is 5.54. The fourth-order valence-corrected chi connectivity index (χ4v) is 4.16. The molecule has 2 aliphatic heterocycles. The van der Waals surface area contributed by atoms with Gasteiger partial charge in [-0.15, -0.1) is 12.4 Å². The zero-order valence-corrected chi connectivity index (χ0v) is 17.9. The Balaban J connectivity index is 0.00000240. The first-order valence-electron chi connectivity index (χ1n) is 9.97. The fourth-order valence-electron chi connectivity index (χ4n) is 4.16. The molecule has 1 fully saturated rings. The van der Waals surface area contributed by atoms with Crippen molar-refractivity contribution >= 4 is 18.3 Å². The van der Waals surface area contributed by atoms with Gasteiger partial charge in [-0.25, -0.2) is 0 Å². The minimum absolute atomic E-state index is 0. The van der Waals surface area contributed by atoms with Gasteiger partial charge < -0.3 is 20.1 Å². The van der Waals surface area contributed by atoms with Gasteiger partial charge in [0.1, 0.15) is 17.6 Å². The summed E-state index contributed by atoms with van der Waals surface area (Å²) in [5.74, 6) is 1.81. The predicted octanol–water partition coefficient (Wildman–Crippen LogP) is 2.18. The summed E-state index contributed by atoms with van der Waals surface area (Å²) in [6, 6.07) is 4.06. The van der Waals surface area contributed by atoms with Gasteiger partial charge in [-0.05, 0) is 31.5 Å². The van der Waals surface area contributed by atoms with E-state index in [1.165, 1.54) is 5.56 Å². The van der Waals surface area contributed by atoms with Crippen LogP contribution in [0.2, 0.25) is 0 Å². The zero-order valence-electron chi connectivity index (χ0n) is 17.1. The summed E-state index contributed by atoms with van der Waals surface area (Å²) in [5, 5.41) is 10.7. The number of hydrogen-bond acceptors (Lipinski definition) is 5. The topological polar surface area (TPSA) is 77.4 Å². The zero-order chi connectivity index (χ0) is 19.7. The molecule has 3 atom stereocenters. The van der Waals surface area contributed by atoms with Crippen molar-refractivity contribution < 1.29 is 14.3 Å². The van der Waals surface area contributed by atoms with Crippen LogP contribution in [0.1, 0.15) is 36.5 Å². The maximum atomic E-state index is 12.9. The van der Waals surface area contributed by atoms with Crippen LogP contribution in [0, 0.1) is 5.92 Å². The number of amides is 1. The van der Waals surface area contributed by atoms with E-state index in [1.54, 1.807) is 4.68 Å². The van der Waals surface area contributed by atoms with Gasteiger partial charge >= 0.3 is 0 Å². The van der Waals surface area contributed by atoms with Gasteiger partial charge in [-0.2, -0.15) is 5.10 Å². The molecule has 1 amide bonds. The summed E-state index contributed by atoms with van der Waals surface area (Å²) in [4.78, 5) is 12.9. The second-order valence-corrected chi connectivity index (χ2v) is 7.67. The monoisotopic (exact) mass is 420 g/mol. The number of fused-ring (bicyclic) bond motifs is 1. The second-order valence-electron chi connectivity index (χ2n) is 7.67. The lowest BCUT2D eigenvalue weighted by Gasteiger charge is -2.18. The molecule has 3 heterocycles. The van der Waals surface area contributed by atoms with Gasteiger partial charge in [0.15, 0.2) is 0 Å². The van der Waals surface area contributed by atoms with Crippen LogP contribution >= 0.6 is 12.4 Å². The first kappa shape index (κ1) is 21.5. The van der Waals surface area contributed by atoms with Gasteiger partial charge in [-0.3, -0.25) is 9.48 Å². The summed E-state index contributed by atoms with van der Waals surface area (Å²) in [6.07, 6.45) is 4.91. The van der Waals surface area contributed by atoms with Gasteiger partial charge in [0.05, 0.1) is 18.7 Å². The summed E-state index contributed by atoms with van der Waals surface area (Å²) in [6.45, 7) is 6.51. The molecule has 158 valence electrons. The van der Waals surface area contributed by atoms with Crippen LogP contribution < -0.4 is 20.1 Å². The minimum atomic E-state index is -0.106. The molecule has 0 aliphatic carbocycles. The predicted molar refractivity (Wildman–Crippen MR) is 113 cm³/mol. The van der Waals surface area contributed by atoms with E-state index in [2.05, 4.69) is 28.7 Å². The summed E-state index contributed by atoms with van der Waals surface area (Å²) in [7, 11) is 1.90. The molecule has 0 spiro atoms. The normalized spacial score (nSPS) is 22.5. The largest absolute Gasteiger partial charge is 0.494 e. The smallest absolute Gasteiger partial charge is 0.225 e. The molecule has 1 aromatic carbocycles. The van der Waals surface area contributed by atoms with Crippen LogP contribution in [-0.4, -0.2) is 41.5 Å². The maximum absolute atomic E-state index is 12.9. The molecule has 0 radical (unpaired) electrons. The van der Waals surface area contributed by atoms with Crippen molar-refractivity contribution in [2.75, 3.05) is 19.7 Å². The van der Waals surface area contributed by atoms with Gasteiger partial charge in [0.25, 0.3) is 0 Å². The Morgan fingerprint density at radius 1 is 1.41 bits per heavy atom. The molecular formula is C21H29ClN4O3. The third kappa shape index (κ3) is 4.51. The molecule has 1 unspecified atom stereocenters. The number of carbonyl (C=O) groups excluding carboxylic acids is 1. The van der Waals surface area contributed by atoms with Crippen LogP contribution in [0.3, 0.4) is 0 Å². The van der Waals surface area contributed by atoms with Crippen LogP contribution in [-0.2, 0) is 24.8 Å². The van der Waals surface area contributed by atoms with Crippen molar-refractivity contribution in [2.45, 2.75) is 38.8 Å². The highest BCUT2D eigenvalue weighted by atomic mass is 35.5. The molecule has 0 bridgehead atoms. The van der Waals surface area contributed by atoms with E-state index in [1.807, 2.05) is 32.4 Å². The molecule has 2 aliphatic rings. The molecule has 2 N–H and O–H groups in total. The highest BCUT2D eigenvalue weighted by Crippen LogP contribution is 2.35. The van der Waals surface area contributed by atoms with E-state index in [-0.39, 0.29) is 36.3 Å². The third-order valence-corrected chi connectivity index (χ3v) is 5.54. The number of nitrogens with one attached hydrogen (secondary N) is 2. The van der Waals surface area contributed by atoms with Crippen molar-refractivity contribution in [1.82, 2.24) is 20.4 Å². The molecule has 4 rings (SSSR count). The van der Waals surface area contributed by atoms with E-state index >= 15 is 0 Å². The van der Waals surface area contributed by atoms with Crippen LogP contribution in [0.15, 0.2) is 24.5 Å². The lowest BCUT2D eigenvalue weighted by molar-refractivity contribution is -0.125. The van der Waals surface area contributed by atoms with Crippen LogP contribution in [0.25, 0.3) is 0 Å². The first-order valence-corrected chi connectivity index (χ1v) is 9.97. The number of nitrogens with zero attached hydrogens (tertiary/aromatic N) is 2. The van der Waals surface area contributed by atoms with E-state index < -0.39 is 0 Å². The molecule has 1 aromatic heterocycles. The number of halogens is 1. The highest BCUT2D eigenvalue weighted by molar-refractivity contribution is 5.85. The van der Waals surface area contributed by atoms with E-state index in [4.69, 9.17) is 9.47 Å². The maximum Gasteiger partial charge on any atom is 0.225 e. The van der Waals surface area contributed by atoms with Crippen molar-refractivity contribution in [3.05, 3.63) is 41.2 Å². The average molecular weight is 421 g/mol. The average Bonchev–Trinajstić information content (AvgIpc) is 3.38. The number of rotatable bonds is 6. The molecule has 2 aromatic rings. The van der Waals surface area contributed by atoms with Gasteiger partial charge in [0.2, 0.25) is 5.91 Å². The first-order chi connectivity index (χ1) is 13.5. The van der Waals surface area contributed by atoms with Crippen molar-refractivity contribution in [3.8, 4) is 11.5 Å². The molecule has 1 saturated heterocycles. The quantitative estimate of drug-likeness (QED) is 0.749. The Labute approximate surface area is 177 Å². The Kier molecular flexibility index (Phi) is 6.70. The lowest BCUT2D eigenvalue weighted by Crippen LogP contribution is -2.34. The van der Waals surface area contributed by atoms with Crippen molar-refractivity contribution in [1.29, 1.82) is 0 Å².